The average Bonchev–Trinajstić information content (AvgIpc) is 3.17. The Balaban J connectivity index is 1.83. The second kappa shape index (κ2) is 11.3. The highest BCUT2D eigenvalue weighted by atomic mass is 35.5. The van der Waals surface area contributed by atoms with Crippen LogP contribution in [0.3, 0.4) is 0 Å². The molecule has 0 aliphatic heterocycles. The predicted molar refractivity (Wildman–Crippen MR) is 127 cm³/mol. The van der Waals surface area contributed by atoms with E-state index >= 15 is 0 Å². The van der Waals surface area contributed by atoms with E-state index in [1.165, 1.54) is 31.2 Å². The van der Waals surface area contributed by atoms with E-state index in [-0.39, 0.29) is 28.7 Å². The van der Waals surface area contributed by atoms with E-state index in [4.69, 9.17) is 23.2 Å². The minimum Gasteiger partial charge on any atom is -0.356 e. The third kappa shape index (κ3) is 6.77. The minimum atomic E-state index is -0.545. The Kier molecular flexibility index (Phi) is 8.43. The molecule has 3 rings (SSSR count). The van der Waals surface area contributed by atoms with Gasteiger partial charge in [-0.25, -0.2) is 0 Å². The number of ketones is 1. The Hall–Kier alpha value is -2.95. The molecule has 2 aromatic carbocycles. The maximum absolute atomic E-state index is 12.6. The van der Waals surface area contributed by atoms with Crippen LogP contribution in [0.4, 0.5) is 5.69 Å². The highest BCUT2D eigenvalue weighted by Crippen LogP contribution is 2.28. The number of nitrogens with one attached hydrogen (secondary N) is 1. The molecule has 33 heavy (non-hydrogen) atoms. The van der Waals surface area contributed by atoms with Gasteiger partial charge in [0.1, 0.15) is 5.82 Å². The van der Waals surface area contributed by atoms with Gasteiger partial charge >= 0.3 is 0 Å². The van der Waals surface area contributed by atoms with Crippen LogP contribution >= 0.6 is 35.0 Å². The molecule has 1 heterocycles. The van der Waals surface area contributed by atoms with Crippen molar-refractivity contribution in [1.82, 2.24) is 20.1 Å². The number of aromatic nitrogens is 3. The van der Waals surface area contributed by atoms with Crippen molar-refractivity contribution in [3.05, 3.63) is 74.0 Å². The lowest BCUT2D eigenvalue weighted by atomic mass is 10.1. The van der Waals surface area contributed by atoms with Crippen LogP contribution in [0.15, 0.2) is 47.6 Å². The standard InChI is InChI=1S/C21H19Cl2N5O4S/c1-13(29)24-7-3-6-20-25-26-21(27(20)18-10-15(22)9-16(23)11-18)33-12-19(30)14-4-2-5-17(8-14)28(31)32/h2,4-5,8-11H,3,6-7,12H2,1H3,(H,24,29). The molecule has 1 amide bonds. The molecule has 0 spiro atoms. The quantitative estimate of drug-likeness (QED) is 0.141. The Labute approximate surface area is 203 Å². The first-order valence-corrected chi connectivity index (χ1v) is 11.5. The number of nitro benzene ring substituents is 1. The molecule has 3 aromatic rings. The molecule has 0 bridgehead atoms. The van der Waals surface area contributed by atoms with Crippen molar-refractivity contribution in [2.24, 2.45) is 0 Å². The Bertz CT molecular complexity index is 1180. The number of aryl methyl sites for hydroxylation is 1. The van der Waals surface area contributed by atoms with Gasteiger partial charge in [0.2, 0.25) is 5.91 Å². The van der Waals surface area contributed by atoms with Crippen LogP contribution in [0.25, 0.3) is 5.69 Å². The van der Waals surface area contributed by atoms with Crippen molar-refractivity contribution in [1.29, 1.82) is 0 Å². The lowest BCUT2D eigenvalue weighted by molar-refractivity contribution is -0.384. The number of nitrogens with zero attached hydrogens (tertiary/aromatic N) is 4. The van der Waals surface area contributed by atoms with E-state index in [1.807, 2.05) is 0 Å². The largest absolute Gasteiger partial charge is 0.356 e. The van der Waals surface area contributed by atoms with Crippen LogP contribution in [0.2, 0.25) is 10.0 Å². The van der Waals surface area contributed by atoms with Crippen molar-refractivity contribution >= 4 is 52.3 Å². The van der Waals surface area contributed by atoms with Gasteiger partial charge in [0.15, 0.2) is 10.9 Å². The second-order valence-corrected chi connectivity index (χ2v) is 8.78. The van der Waals surface area contributed by atoms with Gasteiger partial charge in [-0.15, -0.1) is 10.2 Å². The first-order chi connectivity index (χ1) is 15.7. The molecule has 9 nitrogen and oxygen atoms in total. The van der Waals surface area contributed by atoms with Gasteiger partial charge in [-0.1, -0.05) is 47.1 Å². The summed E-state index contributed by atoms with van der Waals surface area (Å²) in [5.74, 6) is 0.215. The zero-order valence-corrected chi connectivity index (χ0v) is 19.8. The smallest absolute Gasteiger partial charge is 0.270 e. The summed E-state index contributed by atoms with van der Waals surface area (Å²) in [6.07, 6.45) is 1.14. The van der Waals surface area contributed by atoms with Crippen LogP contribution in [0.1, 0.15) is 29.5 Å². The zero-order valence-electron chi connectivity index (χ0n) is 17.5. The third-order valence-corrected chi connectivity index (χ3v) is 5.83. The average molecular weight is 508 g/mol. The van der Waals surface area contributed by atoms with Gasteiger partial charge < -0.3 is 5.32 Å². The van der Waals surface area contributed by atoms with Gasteiger partial charge in [-0.3, -0.25) is 24.3 Å². The lowest BCUT2D eigenvalue weighted by Crippen LogP contribution is -2.21. The summed E-state index contributed by atoms with van der Waals surface area (Å²) >= 11 is 13.5. The molecule has 0 saturated carbocycles. The molecule has 1 aromatic heterocycles. The van der Waals surface area contributed by atoms with E-state index in [0.717, 1.165) is 11.8 Å². The van der Waals surface area contributed by atoms with E-state index in [9.17, 15) is 19.7 Å². The van der Waals surface area contributed by atoms with E-state index in [1.54, 1.807) is 22.8 Å². The van der Waals surface area contributed by atoms with E-state index < -0.39 is 4.92 Å². The zero-order chi connectivity index (χ0) is 24.0. The first kappa shape index (κ1) is 24.7. The number of carbonyl (C=O) groups excluding carboxylic acids is 2. The summed E-state index contributed by atoms with van der Waals surface area (Å²) < 4.78 is 1.76. The number of amides is 1. The van der Waals surface area contributed by atoms with Crippen molar-refractivity contribution in [3.8, 4) is 5.69 Å². The summed E-state index contributed by atoms with van der Waals surface area (Å²) in [5.41, 5.74) is 0.727. The van der Waals surface area contributed by atoms with Gasteiger partial charge in [0, 0.05) is 47.6 Å². The van der Waals surface area contributed by atoms with Crippen LogP contribution in [0, 0.1) is 10.1 Å². The molecule has 0 atom stereocenters. The van der Waals surface area contributed by atoms with Crippen molar-refractivity contribution < 1.29 is 14.5 Å². The minimum absolute atomic E-state index is 0.000505. The number of thioether (sulfide) groups is 1. The van der Waals surface area contributed by atoms with Gasteiger partial charge in [-0.05, 0) is 24.6 Å². The van der Waals surface area contributed by atoms with E-state index in [0.29, 0.717) is 46.1 Å². The van der Waals surface area contributed by atoms with Crippen molar-refractivity contribution in [3.63, 3.8) is 0 Å². The molecular weight excluding hydrogens is 489 g/mol. The molecule has 12 heteroatoms. The second-order valence-electron chi connectivity index (χ2n) is 6.97. The molecular formula is C21H19Cl2N5O4S. The number of hydrogen-bond acceptors (Lipinski definition) is 7. The maximum atomic E-state index is 12.6. The van der Waals surface area contributed by atoms with Gasteiger partial charge in [-0.2, -0.15) is 0 Å². The molecule has 0 aliphatic rings. The number of Topliss-reactive ketones (excluding diaryl/α,β-unsaturated/α-hetero) is 1. The van der Waals surface area contributed by atoms with Crippen LogP contribution in [0.5, 0.6) is 0 Å². The summed E-state index contributed by atoms with van der Waals surface area (Å²) in [6.45, 7) is 1.93. The first-order valence-electron chi connectivity index (χ1n) is 9.80. The highest BCUT2D eigenvalue weighted by Gasteiger charge is 2.18. The Morgan fingerprint density at radius 3 is 2.55 bits per heavy atom. The summed E-state index contributed by atoms with van der Waals surface area (Å²) in [4.78, 5) is 34.2. The topological polar surface area (TPSA) is 120 Å². The summed E-state index contributed by atoms with van der Waals surface area (Å²) in [6, 6.07) is 10.6. The molecule has 0 saturated heterocycles. The number of carbonyl (C=O) groups is 2. The van der Waals surface area contributed by atoms with Gasteiger partial charge in [0.05, 0.1) is 16.4 Å². The Morgan fingerprint density at radius 1 is 1.15 bits per heavy atom. The lowest BCUT2D eigenvalue weighted by Gasteiger charge is -2.11. The molecule has 0 aliphatic carbocycles. The monoisotopic (exact) mass is 507 g/mol. The van der Waals surface area contributed by atoms with Crippen LogP contribution < -0.4 is 5.32 Å². The predicted octanol–water partition coefficient (Wildman–Crippen LogP) is 4.53. The Morgan fingerprint density at radius 2 is 1.88 bits per heavy atom. The fourth-order valence-electron chi connectivity index (χ4n) is 3.00. The fraction of sp³-hybridized carbons (Fsp3) is 0.238. The van der Waals surface area contributed by atoms with Gasteiger partial charge in [0.25, 0.3) is 5.69 Å². The number of hydrogen-bond donors (Lipinski definition) is 1. The number of nitro groups is 1. The molecule has 0 unspecified atom stereocenters. The SMILES string of the molecule is CC(=O)NCCCc1nnc(SCC(=O)c2cccc([N+](=O)[O-])c2)n1-c1cc(Cl)cc(Cl)c1. The summed E-state index contributed by atoms with van der Waals surface area (Å²) in [7, 11) is 0. The number of rotatable bonds is 10. The molecule has 0 fully saturated rings. The number of non-ortho nitro benzene ring substituents is 1. The molecule has 1 N–H and O–H groups in total. The van der Waals surface area contributed by atoms with Crippen LogP contribution in [-0.4, -0.2) is 43.7 Å². The molecule has 0 radical (unpaired) electrons. The van der Waals surface area contributed by atoms with E-state index in [2.05, 4.69) is 15.5 Å². The number of halogens is 2. The normalized spacial score (nSPS) is 10.8. The van der Waals surface area contributed by atoms with Crippen LogP contribution in [-0.2, 0) is 11.2 Å². The fourth-order valence-corrected chi connectivity index (χ4v) is 4.38. The highest BCUT2D eigenvalue weighted by molar-refractivity contribution is 7.99. The molecule has 172 valence electrons. The van der Waals surface area contributed by atoms with Crippen molar-refractivity contribution in [2.75, 3.05) is 12.3 Å². The number of benzene rings is 2. The maximum Gasteiger partial charge on any atom is 0.270 e. The third-order valence-electron chi connectivity index (χ3n) is 4.47. The summed E-state index contributed by atoms with van der Waals surface area (Å²) in [5, 5.41) is 23.5. The van der Waals surface area contributed by atoms with Crippen molar-refractivity contribution in [2.45, 2.75) is 24.9 Å².